The summed E-state index contributed by atoms with van der Waals surface area (Å²) in [5.74, 6) is 1.43. The number of halogens is 1. The lowest BCUT2D eigenvalue weighted by Crippen LogP contribution is -2.29. The van der Waals surface area contributed by atoms with Gasteiger partial charge in [-0.25, -0.2) is 8.42 Å². The Bertz CT molecular complexity index is 948. The SMILES string of the molecule is C=CC(CC(Cl)=C(C)C#[N+]C)c1cncc(C2(CS(=O)(=O)CC)C3CC32)c1. The van der Waals surface area contributed by atoms with E-state index in [1.54, 1.807) is 14.0 Å². The molecular formula is C21H26ClN2O2S+. The van der Waals surface area contributed by atoms with E-state index >= 15 is 0 Å². The molecule has 27 heavy (non-hydrogen) atoms. The maximum Gasteiger partial charge on any atom is 0.307 e. The van der Waals surface area contributed by atoms with Crippen molar-refractivity contribution in [2.24, 2.45) is 11.8 Å². The van der Waals surface area contributed by atoms with Crippen LogP contribution in [0.15, 0.2) is 41.7 Å². The summed E-state index contributed by atoms with van der Waals surface area (Å²) >= 11 is 6.42. The van der Waals surface area contributed by atoms with Crippen LogP contribution in [-0.2, 0) is 15.3 Å². The number of allylic oxidation sites excluding steroid dienone is 3. The van der Waals surface area contributed by atoms with E-state index in [-0.39, 0.29) is 22.8 Å². The molecule has 0 N–H and O–H groups in total. The van der Waals surface area contributed by atoms with E-state index in [1.807, 2.05) is 25.4 Å². The predicted molar refractivity (Wildman–Crippen MR) is 111 cm³/mol. The van der Waals surface area contributed by atoms with Crippen LogP contribution < -0.4 is 0 Å². The highest BCUT2D eigenvalue weighted by Crippen LogP contribution is 2.78. The van der Waals surface area contributed by atoms with Gasteiger partial charge in [-0.2, -0.15) is 0 Å². The second kappa shape index (κ2) is 7.41. The molecule has 144 valence electrons. The van der Waals surface area contributed by atoms with E-state index in [0.717, 1.165) is 23.1 Å². The van der Waals surface area contributed by atoms with Crippen LogP contribution in [0.1, 0.15) is 43.7 Å². The van der Waals surface area contributed by atoms with Crippen LogP contribution in [0.3, 0.4) is 0 Å². The molecule has 1 aromatic heterocycles. The van der Waals surface area contributed by atoms with Crippen LogP contribution in [0.2, 0.25) is 0 Å². The molecule has 0 amide bonds. The van der Waals surface area contributed by atoms with Gasteiger partial charge in [-0.1, -0.05) is 35.5 Å². The van der Waals surface area contributed by atoms with Crippen molar-refractivity contribution in [2.75, 3.05) is 18.6 Å². The third-order valence-corrected chi connectivity index (χ3v) is 8.23. The summed E-state index contributed by atoms with van der Waals surface area (Å²) in [6, 6.07) is 4.98. The fourth-order valence-electron chi connectivity index (χ4n) is 4.08. The Kier molecular flexibility index (Phi) is 5.52. The highest BCUT2D eigenvalue weighted by molar-refractivity contribution is 7.91. The van der Waals surface area contributed by atoms with Gasteiger partial charge < -0.3 is 0 Å². The lowest BCUT2D eigenvalue weighted by atomic mass is 9.86. The Hall–Kier alpha value is -1.64. The largest absolute Gasteiger partial charge is 0.307 e. The average Bonchev–Trinajstić information content (AvgIpc) is 3.56. The van der Waals surface area contributed by atoms with Crippen LogP contribution in [0.4, 0.5) is 0 Å². The van der Waals surface area contributed by atoms with Gasteiger partial charge in [-0.15, -0.1) is 6.58 Å². The Morgan fingerprint density at radius 2 is 2.22 bits per heavy atom. The van der Waals surface area contributed by atoms with Crippen LogP contribution in [0, 0.1) is 17.9 Å². The highest BCUT2D eigenvalue weighted by Gasteiger charge is 2.77. The molecule has 3 atom stereocenters. The molecule has 0 aromatic carbocycles. The van der Waals surface area contributed by atoms with Gasteiger partial charge in [0.2, 0.25) is 0 Å². The zero-order valence-corrected chi connectivity index (χ0v) is 17.6. The van der Waals surface area contributed by atoms with E-state index in [9.17, 15) is 8.42 Å². The smallest absolute Gasteiger partial charge is 0.264 e. The number of hydrogen-bond acceptors (Lipinski definition) is 3. The lowest BCUT2D eigenvalue weighted by Gasteiger charge is -2.24. The predicted octanol–water partition coefficient (Wildman–Crippen LogP) is 4.54. The molecule has 0 radical (unpaired) electrons. The summed E-state index contributed by atoms with van der Waals surface area (Å²) < 4.78 is 24.6. The second-order valence-electron chi connectivity index (χ2n) is 7.58. The molecule has 0 spiro atoms. The molecule has 2 fully saturated rings. The number of nitrogens with zero attached hydrogens (tertiary/aromatic N) is 2. The van der Waals surface area contributed by atoms with Crippen molar-refractivity contribution in [3.05, 3.63) is 57.7 Å². The van der Waals surface area contributed by atoms with E-state index in [4.69, 9.17) is 11.6 Å². The summed E-state index contributed by atoms with van der Waals surface area (Å²) in [7, 11) is -1.37. The van der Waals surface area contributed by atoms with E-state index in [2.05, 4.69) is 28.5 Å². The van der Waals surface area contributed by atoms with Gasteiger partial charge in [-0.3, -0.25) is 4.98 Å². The number of rotatable bonds is 8. The molecular weight excluding hydrogens is 380 g/mol. The summed E-state index contributed by atoms with van der Waals surface area (Å²) in [4.78, 5) is 8.31. The summed E-state index contributed by atoms with van der Waals surface area (Å²) in [6.07, 6.45) is 7.25. The molecule has 4 nitrogen and oxygen atoms in total. The fourth-order valence-corrected chi connectivity index (χ4v) is 5.81. The molecule has 3 rings (SSSR count). The van der Waals surface area contributed by atoms with Crippen molar-refractivity contribution < 1.29 is 8.42 Å². The van der Waals surface area contributed by atoms with Gasteiger partial charge in [0, 0.05) is 34.5 Å². The molecule has 2 aliphatic rings. The number of aromatic nitrogens is 1. The topological polar surface area (TPSA) is 51.4 Å². The quantitative estimate of drug-likeness (QED) is 0.471. The molecule has 2 aliphatic carbocycles. The second-order valence-corrected chi connectivity index (χ2v) is 10.4. The van der Waals surface area contributed by atoms with Crippen LogP contribution in [0.25, 0.3) is 4.85 Å². The summed E-state index contributed by atoms with van der Waals surface area (Å²) in [5, 5.41) is 0.688. The van der Waals surface area contributed by atoms with Crippen molar-refractivity contribution in [1.29, 1.82) is 0 Å². The van der Waals surface area contributed by atoms with Gasteiger partial charge in [0.25, 0.3) is 7.05 Å². The fraction of sp³-hybridized carbons (Fsp3) is 0.524. The maximum atomic E-state index is 12.3. The first kappa shape index (κ1) is 20.1. The van der Waals surface area contributed by atoms with Crippen LogP contribution >= 0.6 is 11.6 Å². The average molecular weight is 406 g/mol. The van der Waals surface area contributed by atoms with Crippen molar-refractivity contribution in [3.63, 3.8) is 0 Å². The van der Waals surface area contributed by atoms with Crippen molar-refractivity contribution in [2.45, 2.75) is 38.0 Å². The molecule has 1 heterocycles. The molecule has 0 aliphatic heterocycles. The number of hydrogen-bond donors (Lipinski definition) is 0. The van der Waals surface area contributed by atoms with Crippen LogP contribution in [-0.4, -0.2) is 32.0 Å². The normalized spacial score (nSPS) is 27.6. The third kappa shape index (κ3) is 3.83. The molecule has 0 saturated heterocycles. The van der Waals surface area contributed by atoms with Gasteiger partial charge >= 0.3 is 6.07 Å². The first-order chi connectivity index (χ1) is 12.8. The lowest BCUT2D eigenvalue weighted by molar-refractivity contribution is 0.533. The summed E-state index contributed by atoms with van der Waals surface area (Å²) in [5.41, 5.74) is 2.65. The van der Waals surface area contributed by atoms with Crippen molar-refractivity contribution in [1.82, 2.24) is 4.98 Å². The molecule has 2 saturated carbocycles. The summed E-state index contributed by atoms with van der Waals surface area (Å²) in [6.45, 7) is 7.55. The van der Waals surface area contributed by atoms with Gasteiger partial charge in [0.15, 0.2) is 9.84 Å². The first-order valence-corrected chi connectivity index (χ1v) is 11.5. The Balaban J connectivity index is 1.88. The number of sulfone groups is 1. The van der Waals surface area contributed by atoms with Crippen LogP contribution in [0.5, 0.6) is 0 Å². The molecule has 6 heteroatoms. The standard InChI is InChI=1S/C21H26ClN2O2S/c1-5-15(8-20(22)14(3)10-23-4)16-7-17(12-24-11-16)21(18-9-19(18)21)13-27(25,26)6-2/h5,7,11-12,15,18-19H,1,6,8-9,13H2,2-4H3/q+1. The first-order valence-electron chi connectivity index (χ1n) is 9.27. The van der Waals surface area contributed by atoms with Gasteiger partial charge in [0.05, 0.1) is 11.3 Å². The van der Waals surface area contributed by atoms with E-state index in [0.29, 0.717) is 23.3 Å². The number of fused-ring (bicyclic) bond motifs is 1. The highest BCUT2D eigenvalue weighted by atomic mass is 35.5. The minimum Gasteiger partial charge on any atom is -0.264 e. The minimum atomic E-state index is -3.04. The third-order valence-electron chi connectivity index (χ3n) is 6.00. The van der Waals surface area contributed by atoms with Gasteiger partial charge in [-0.05, 0) is 42.7 Å². The number of pyridine rings is 1. The minimum absolute atomic E-state index is 0.00784. The van der Waals surface area contributed by atoms with Crippen molar-refractivity contribution >= 4 is 21.4 Å². The molecule has 1 aromatic rings. The van der Waals surface area contributed by atoms with E-state index in [1.165, 1.54) is 0 Å². The Morgan fingerprint density at radius 3 is 2.74 bits per heavy atom. The van der Waals surface area contributed by atoms with Crippen molar-refractivity contribution in [3.8, 4) is 6.07 Å². The maximum absolute atomic E-state index is 12.3. The monoisotopic (exact) mass is 405 g/mol. The zero-order valence-electron chi connectivity index (χ0n) is 16.1. The zero-order chi connectivity index (χ0) is 19.8. The molecule has 0 bridgehead atoms. The Labute approximate surface area is 167 Å². The molecule has 3 unspecified atom stereocenters. The van der Waals surface area contributed by atoms with E-state index < -0.39 is 9.84 Å². The van der Waals surface area contributed by atoms with Gasteiger partial charge in [0.1, 0.15) is 0 Å². The Morgan fingerprint density at radius 1 is 1.52 bits per heavy atom.